The molecular weight excluding hydrogens is 304 g/mol. The number of fused-ring (bicyclic) bond motifs is 1. The Kier molecular flexibility index (Phi) is 3.77. The average Bonchev–Trinajstić information content (AvgIpc) is 3.03. The normalized spacial score (nSPS) is 18.9. The maximum Gasteiger partial charge on any atom is 0.410 e. The van der Waals surface area contributed by atoms with E-state index in [2.05, 4.69) is 4.98 Å². The first-order chi connectivity index (χ1) is 10.3. The van der Waals surface area contributed by atoms with Crippen LogP contribution in [0.15, 0.2) is 22.7 Å². The fraction of sp³-hybridized carbons (Fsp3) is 0.500. The maximum atomic E-state index is 12.3. The molecule has 1 aliphatic rings. The summed E-state index contributed by atoms with van der Waals surface area (Å²) in [5.41, 5.74) is 0.761. The monoisotopic (exact) mass is 322 g/mol. The number of ether oxygens (including phenoxy) is 1. The van der Waals surface area contributed by atoms with Crippen LogP contribution in [0.5, 0.6) is 0 Å². The van der Waals surface area contributed by atoms with Gasteiger partial charge in [-0.2, -0.15) is 0 Å². The molecule has 0 aromatic carbocycles. The minimum atomic E-state index is -0.511. The van der Waals surface area contributed by atoms with E-state index in [4.69, 9.17) is 20.8 Å². The van der Waals surface area contributed by atoms with E-state index in [-0.39, 0.29) is 12.1 Å². The molecule has 0 radical (unpaired) electrons. The van der Waals surface area contributed by atoms with Crippen molar-refractivity contribution in [2.45, 2.75) is 45.3 Å². The number of pyridine rings is 1. The van der Waals surface area contributed by atoms with Crippen molar-refractivity contribution in [3.8, 4) is 0 Å². The molecule has 22 heavy (non-hydrogen) atoms. The molecule has 0 bridgehead atoms. The lowest BCUT2D eigenvalue weighted by Crippen LogP contribution is -2.36. The van der Waals surface area contributed by atoms with Gasteiger partial charge in [-0.05, 0) is 39.7 Å². The lowest BCUT2D eigenvalue weighted by atomic mass is 10.1. The highest BCUT2D eigenvalue weighted by atomic mass is 35.5. The summed E-state index contributed by atoms with van der Waals surface area (Å²) in [5.74, 6) is 0.707. The number of carbonyl (C=O) groups excluding carboxylic acids is 1. The van der Waals surface area contributed by atoms with Crippen molar-refractivity contribution in [2.24, 2.45) is 0 Å². The van der Waals surface area contributed by atoms with Gasteiger partial charge < -0.3 is 9.15 Å². The van der Waals surface area contributed by atoms with Crippen molar-refractivity contribution in [2.75, 3.05) is 6.54 Å². The molecule has 0 aliphatic carbocycles. The van der Waals surface area contributed by atoms with Gasteiger partial charge in [0.1, 0.15) is 16.9 Å². The number of hydrogen-bond donors (Lipinski definition) is 0. The topological polar surface area (TPSA) is 55.6 Å². The molecule has 1 fully saturated rings. The van der Waals surface area contributed by atoms with Crippen LogP contribution in [0.4, 0.5) is 4.79 Å². The fourth-order valence-corrected chi connectivity index (χ4v) is 2.88. The summed E-state index contributed by atoms with van der Waals surface area (Å²) in [5, 5.41) is 0.526. The zero-order chi connectivity index (χ0) is 15.9. The van der Waals surface area contributed by atoms with Crippen LogP contribution in [0, 0.1) is 0 Å². The lowest BCUT2D eigenvalue weighted by Gasteiger charge is -2.27. The molecule has 3 heterocycles. The van der Waals surface area contributed by atoms with E-state index in [9.17, 15) is 4.79 Å². The van der Waals surface area contributed by atoms with Crippen molar-refractivity contribution < 1.29 is 13.9 Å². The van der Waals surface area contributed by atoms with Gasteiger partial charge in [0.2, 0.25) is 0 Å². The van der Waals surface area contributed by atoms with Crippen LogP contribution in [0.2, 0.25) is 5.02 Å². The third-order valence-electron chi connectivity index (χ3n) is 3.59. The summed E-state index contributed by atoms with van der Waals surface area (Å²) >= 11 is 6.12. The van der Waals surface area contributed by atoms with E-state index >= 15 is 0 Å². The molecule has 3 rings (SSSR count). The number of halogens is 1. The van der Waals surface area contributed by atoms with E-state index in [0.717, 1.165) is 12.8 Å². The second-order valence-corrected chi connectivity index (χ2v) is 6.89. The molecule has 0 spiro atoms. The van der Waals surface area contributed by atoms with Crippen LogP contribution in [0.1, 0.15) is 45.4 Å². The van der Waals surface area contributed by atoms with Gasteiger partial charge in [-0.1, -0.05) is 11.6 Å². The van der Waals surface area contributed by atoms with Gasteiger partial charge in [0.15, 0.2) is 5.58 Å². The molecule has 0 N–H and O–H groups in total. The second kappa shape index (κ2) is 5.47. The highest BCUT2D eigenvalue weighted by molar-refractivity contribution is 6.34. The Hall–Kier alpha value is -1.75. The number of aromatic nitrogens is 1. The quantitative estimate of drug-likeness (QED) is 0.772. The average molecular weight is 323 g/mol. The van der Waals surface area contributed by atoms with Crippen molar-refractivity contribution >= 4 is 28.8 Å². The van der Waals surface area contributed by atoms with Crippen molar-refractivity contribution in [1.29, 1.82) is 0 Å². The number of hydrogen-bond acceptors (Lipinski definition) is 4. The zero-order valence-corrected chi connectivity index (χ0v) is 13.7. The van der Waals surface area contributed by atoms with Crippen molar-refractivity contribution in [3.63, 3.8) is 0 Å². The van der Waals surface area contributed by atoms with Crippen LogP contribution in [0.3, 0.4) is 0 Å². The molecule has 118 valence electrons. The molecular formula is C16H19ClN2O3. The van der Waals surface area contributed by atoms with Gasteiger partial charge in [-0.3, -0.25) is 9.88 Å². The lowest BCUT2D eigenvalue weighted by molar-refractivity contribution is 0.0209. The SMILES string of the molecule is CC(C)(C)OC(=O)N1CCCC1c1cc2nccc(Cl)c2o1. The smallest absolute Gasteiger partial charge is 0.410 e. The first-order valence-electron chi connectivity index (χ1n) is 7.39. The van der Waals surface area contributed by atoms with E-state index < -0.39 is 5.60 Å². The first-order valence-corrected chi connectivity index (χ1v) is 7.76. The van der Waals surface area contributed by atoms with Gasteiger partial charge in [-0.25, -0.2) is 4.79 Å². The van der Waals surface area contributed by atoms with Gasteiger partial charge in [0.25, 0.3) is 0 Å². The fourth-order valence-electron chi connectivity index (χ4n) is 2.69. The molecule has 2 aromatic heterocycles. The van der Waals surface area contributed by atoms with Crippen LogP contribution < -0.4 is 0 Å². The van der Waals surface area contributed by atoms with Crippen molar-refractivity contribution in [3.05, 3.63) is 29.1 Å². The number of rotatable bonds is 1. The largest absolute Gasteiger partial charge is 0.456 e. The van der Waals surface area contributed by atoms with Crippen molar-refractivity contribution in [1.82, 2.24) is 9.88 Å². The number of amides is 1. The van der Waals surface area contributed by atoms with Crippen LogP contribution >= 0.6 is 11.6 Å². The molecule has 1 unspecified atom stereocenters. The molecule has 0 saturated carbocycles. The summed E-state index contributed by atoms with van der Waals surface area (Å²) < 4.78 is 11.3. The number of carbonyl (C=O) groups is 1. The summed E-state index contributed by atoms with van der Waals surface area (Å²) in [6.45, 7) is 6.25. The Balaban J connectivity index is 1.88. The van der Waals surface area contributed by atoms with Gasteiger partial charge in [-0.15, -0.1) is 0 Å². The third kappa shape index (κ3) is 2.90. The summed E-state index contributed by atoms with van der Waals surface area (Å²) in [6, 6.07) is 3.42. The Morgan fingerprint density at radius 3 is 2.95 bits per heavy atom. The highest BCUT2D eigenvalue weighted by Gasteiger charge is 2.35. The summed E-state index contributed by atoms with van der Waals surface area (Å²) in [6.07, 6.45) is 3.10. The van der Waals surface area contributed by atoms with E-state index in [1.807, 2.05) is 26.8 Å². The van der Waals surface area contributed by atoms with Crippen LogP contribution in [-0.2, 0) is 4.74 Å². The summed E-state index contributed by atoms with van der Waals surface area (Å²) in [4.78, 5) is 18.3. The van der Waals surface area contributed by atoms with Crippen LogP contribution in [-0.4, -0.2) is 28.1 Å². The number of nitrogens with zero attached hydrogens (tertiary/aromatic N) is 2. The second-order valence-electron chi connectivity index (χ2n) is 6.49. The molecule has 5 nitrogen and oxygen atoms in total. The maximum absolute atomic E-state index is 12.3. The van der Waals surface area contributed by atoms with E-state index in [0.29, 0.717) is 28.4 Å². The molecule has 1 amide bonds. The molecule has 6 heteroatoms. The van der Waals surface area contributed by atoms with Gasteiger partial charge in [0.05, 0.1) is 11.1 Å². The minimum absolute atomic E-state index is 0.125. The molecule has 2 aromatic rings. The third-order valence-corrected chi connectivity index (χ3v) is 3.89. The number of furan rings is 1. The predicted molar refractivity (Wildman–Crippen MR) is 83.9 cm³/mol. The molecule has 1 saturated heterocycles. The predicted octanol–water partition coefficient (Wildman–Crippen LogP) is 4.55. The van der Waals surface area contributed by atoms with Gasteiger partial charge >= 0.3 is 6.09 Å². The summed E-state index contributed by atoms with van der Waals surface area (Å²) in [7, 11) is 0. The molecule has 1 atom stereocenters. The van der Waals surface area contributed by atoms with Gasteiger partial charge in [0, 0.05) is 18.8 Å². The first kappa shape index (κ1) is 15.2. The minimum Gasteiger partial charge on any atom is -0.456 e. The van der Waals surface area contributed by atoms with E-state index in [1.54, 1.807) is 17.2 Å². The van der Waals surface area contributed by atoms with Crippen LogP contribution in [0.25, 0.3) is 11.1 Å². The van der Waals surface area contributed by atoms with E-state index in [1.165, 1.54) is 0 Å². The highest BCUT2D eigenvalue weighted by Crippen LogP contribution is 2.37. The number of likely N-dealkylation sites (tertiary alicyclic amines) is 1. The Morgan fingerprint density at radius 1 is 1.50 bits per heavy atom. The standard InChI is InChI=1S/C16H19ClN2O3/c1-16(2,3)22-15(20)19-8-4-5-12(19)13-9-11-14(21-13)10(17)6-7-18-11/h6-7,9,12H,4-5,8H2,1-3H3. The Labute approximate surface area is 134 Å². The molecule has 1 aliphatic heterocycles. The Bertz CT molecular complexity index is 705. The zero-order valence-electron chi connectivity index (χ0n) is 12.9. The Morgan fingerprint density at radius 2 is 2.27 bits per heavy atom.